The lowest BCUT2D eigenvalue weighted by molar-refractivity contribution is -0.159. The van der Waals surface area contributed by atoms with E-state index in [0.717, 1.165) is 19.3 Å². The molecule has 0 unspecified atom stereocenters. The summed E-state index contributed by atoms with van der Waals surface area (Å²) < 4.78 is 28.2. The number of hydrogen-bond donors (Lipinski definition) is 2. The van der Waals surface area contributed by atoms with Gasteiger partial charge in [-0.25, -0.2) is 13.6 Å². The van der Waals surface area contributed by atoms with Crippen molar-refractivity contribution in [3.63, 3.8) is 0 Å². The lowest BCUT2D eigenvalue weighted by Gasteiger charge is -2.60. The van der Waals surface area contributed by atoms with E-state index in [-0.39, 0.29) is 20.6 Å². The highest BCUT2D eigenvalue weighted by Gasteiger charge is 2.57. The Hall–Kier alpha value is -1.45. The van der Waals surface area contributed by atoms with E-state index in [1.807, 2.05) is 0 Å². The third kappa shape index (κ3) is 4.57. The van der Waals surface area contributed by atoms with Crippen molar-refractivity contribution in [1.82, 2.24) is 0 Å². The van der Waals surface area contributed by atoms with Crippen molar-refractivity contribution in [2.75, 3.05) is 5.32 Å². The third-order valence-corrected chi connectivity index (χ3v) is 8.62. The SMILES string of the molecule is C[C@@H](OC(=O)CC12C[C@H]3C[C@@H](CC(Br)(C3)C1)C2)C(=O)Nc1ccc(S(N)(=O)=O)cc1. The van der Waals surface area contributed by atoms with Crippen LogP contribution in [0.15, 0.2) is 29.2 Å². The number of esters is 1. The van der Waals surface area contributed by atoms with E-state index in [1.165, 1.54) is 50.5 Å². The highest BCUT2D eigenvalue weighted by Crippen LogP contribution is 2.65. The highest BCUT2D eigenvalue weighted by molar-refractivity contribution is 9.10. The van der Waals surface area contributed by atoms with Crippen molar-refractivity contribution in [2.24, 2.45) is 22.4 Å². The predicted octanol–water partition coefficient (Wildman–Crippen LogP) is 3.33. The Morgan fingerprint density at radius 2 is 1.80 bits per heavy atom. The molecule has 4 bridgehead atoms. The van der Waals surface area contributed by atoms with Crippen LogP contribution >= 0.6 is 15.9 Å². The minimum atomic E-state index is -3.79. The zero-order valence-electron chi connectivity index (χ0n) is 16.9. The molecule has 7 nitrogen and oxygen atoms in total. The maximum absolute atomic E-state index is 12.7. The van der Waals surface area contributed by atoms with Crippen LogP contribution in [-0.4, -0.2) is 30.7 Å². The third-order valence-electron chi connectivity index (χ3n) is 6.76. The molecule has 4 saturated carbocycles. The van der Waals surface area contributed by atoms with E-state index in [4.69, 9.17) is 9.88 Å². The molecule has 3 atom stereocenters. The van der Waals surface area contributed by atoms with Crippen molar-refractivity contribution in [3.8, 4) is 0 Å². The highest BCUT2D eigenvalue weighted by atomic mass is 79.9. The summed E-state index contributed by atoms with van der Waals surface area (Å²) in [6.07, 6.45) is 6.22. The fourth-order valence-corrected chi connectivity index (χ4v) is 8.14. The van der Waals surface area contributed by atoms with Gasteiger partial charge in [0, 0.05) is 10.0 Å². The second kappa shape index (κ2) is 7.60. The zero-order chi connectivity index (χ0) is 21.7. The average molecular weight is 499 g/mol. The molecule has 30 heavy (non-hydrogen) atoms. The molecular weight excluding hydrogens is 472 g/mol. The zero-order valence-corrected chi connectivity index (χ0v) is 19.3. The minimum absolute atomic E-state index is 0.00951. The number of rotatable bonds is 6. The maximum Gasteiger partial charge on any atom is 0.307 e. The number of amides is 1. The van der Waals surface area contributed by atoms with Gasteiger partial charge in [-0.1, -0.05) is 15.9 Å². The van der Waals surface area contributed by atoms with Crippen molar-refractivity contribution in [1.29, 1.82) is 0 Å². The van der Waals surface area contributed by atoms with Gasteiger partial charge in [0.25, 0.3) is 5.91 Å². The molecule has 0 aromatic heterocycles. The van der Waals surface area contributed by atoms with E-state index in [9.17, 15) is 18.0 Å². The van der Waals surface area contributed by atoms with Gasteiger partial charge < -0.3 is 10.1 Å². The Labute approximate surface area is 185 Å². The van der Waals surface area contributed by atoms with Gasteiger partial charge in [-0.2, -0.15) is 0 Å². The number of sulfonamides is 1. The summed E-state index contributed by atoms with van der Waals surface area (Å²) in [5, 5.41) is 7.70. The van der Waals surface area contributed by atoms with Gasteiger partial charge in [0.2, 0.25) is 10.0 Å². The van der Waals surface area contributed by atoms with Gasteiger partial charge in [0.1, 0.15) is 0 Å². The number of anilines is 1. The van der Waals surface area contributed by atoms with Crippen LogP contribution in [0.5, 0.6) is 0 Å². The Morgan fingerprint density at radius 1 is 1.20 bits per heavy atom. The van der Waals surface area contributed by atoms with Crippen molar-refractivity contribution >= 4 is 43.5 Å². The number of carbonyl (C=O) groups is 2. The molecule has 0 saturated heterocycles. The van der Waals surface area contributed by atoms with E-state index >= 15 is 0 Å². The van der Waals surface area contributed by atoms with Gasteiger partial charge >= 0.3 is 5.97 Å². The molecule has 9 heteroatoms. The van der Waals surface area contributed by atoms with Crippen LogP contribution < -0.4 is 10.5 Å². The number of nitrogens with two attached hydrogens (primary N) is 1. The van der Waals surface area contributed by atoms with Crippen LogP contribution in [-0.2, 0) is 24.3 Å². The summed E-state index contributed by atoms with van der Waals surface area (Å²) in [4.78, 5) is 25.0. The Kier molecular flexibility index (Phi) is 5.51. The van der Waals surface area contributed by atoms with Crippen LogP contribution in [0.2, 0.25) is 0 Å². The lowest BCUT2D eigenvalue weighted by atomic mass is 9.49. The normalized spacial score (nSPS) is 33.2. The summed E-state index contributed by atoms with van der Waals surface area (Å²) in [5.41, 5.74) is 0.391. The molecule has 4 aliphatic rings. The first-order valence-electron chi connectivity index (χ1n) is 10.3. The summed E-state index contributed by atoms with van der Waals surface area (Å²) in [5.74, 6) is 0.563. The number of ether oxygens (including phenoxy) is 1. The molecular formula is C21H27BrN2O5S. The number of hydrogen-bond acceptors (Lipinski definition) is 5. The Morgan fingerprint density at radius 3 is 2.33 bits per heavy atom. The van der Waals surface area contributed by atoms with E-state index in [0.29, 0.717) is 23.9 Å². The van der Waals surface area contributed by atoms with Crippen molar-refractivity contribution in [2.45, 2.75) is 67.2 Å². The van der Waals surface area contributed by atoms with E-state index < -0.39 is 22.0 Å². The molecule has 1 aromatic rings. The van der Waals surface area contributed by atoms with Gasteiger partial charge in [0.05, 0.1) is 11.3 Å². The molecule has 3 N–H and O–H groups in total. The fourth-order valence-electron chi connectivity index (χ4n) is 6.11. The van der Waals surface area contributed by atoms with Crippen LogP contribution in [0.1, 0.15) is 51.9 Å². The van der Waals surface area contributed by atoms with Gasteiger partial charge in [-0.15, -0.1) is 0 Å². The second-order valence-corrected chi connectivity index (χ2v) is 12.7. The van der Waals surface area contributed by atoms with E-state index in [2.05, 4.69) is 21.2 Å². The van der Waals surface area contributed by atoms with Crippen LogP contribution in [0.3, 0.4) is 0 Å². The van der Waals surface area contributed by atoms with E-state index in [1.54, 1.807) is 0 Å². The summed E-state index contributed by atoms with van der Waals surface area (Å²) in [6.45, 7) is 1.54. The molecule has 1 amide bonds. The molecule has 0 heterocycles. The first kappa shape index (κ1) is 21.8. The second-order valence-electron chi connectivity index (χ2n) is 9.48. The summed E-state index contributed by atoms with van der Waals surface area (Å²) in [6, 6.07) is 5.50. The Bertz CT molecular complexity index is 948. The topological polar surface area (TPSA) is 116 Å². The molecule has 1 aromatic carbocycles. The minimum Gasteiger partial charge on any atom is -0.453 e. The van der Waals surface area contributed by atoms with Crippen LogP contribution in [0, 0.1) is 17.3 Å². The summed E-state index contributed by atoms with van der Waals surface area (Å²) >= 11 is 3.95. The molecule has 164 valence electrons. The summed E-state index contributed by atoms with van der Waals surface area (Å²) in [7, 11) is -3.79. The molecule has 4 fully saturated rings. The average Bonchev–Trinajstić information content (AvgIpc) is 2.58. The maximum atomic E-state index is 12.7. The van der Waals surface area contributed by atoms with Crippen LogP contribution in [0.25, 0.3) is 0 Å². The number of benzene rings is 1. The van der Waals surface area contributed by atoms with Crippen LogP contribution in [0.4, 0.5) is 5.69 Å². The number of carbonyl (C=O) groups excluding carboxylic acids is 2. The number of nitrogens with one attached hydrogen (secondary N) is 1. The largest absolute Gasteiger partial charge is 0.453 e. The van der Waals surface area contributed by atoms with Gasteiger partial charge in [-0.05, 0) is 87.0 Å². The fraction of sp³-hybridized carbons (Fsp3) is 0.619. The van der Waals surface area contributed by atoms with Crippen molar-refractivity contribution in [3.05, 3.63) is 24.3 Å². The monoisotopic (exact) mass is 498 g/mol. The lowest BCUT2D eigenvalue weighted by Crippen LogP contribution is -2.53. The Balaban J connectivity index is 1.33. The number of halogens is 1. The number of alkyl halides is 1. The predicted molar refractivity (Wildman–Crippen MR) is 115 cm³/mol. The van der Waals surface area contributed by atoms with Gasteiger partial charge in [0.15, 0.2) is 6.10 Å². The molecule has 5 rings (SSSR count). The molecule has 4 aliphatic carbocycles. The molecule has 0 spiro atoms. The molecule has 0 radical (unpaired) electrons. The quantitative estimate of drug-likeness (QED) is 0.460. The van der Waals surface area contributed by atoms with Crippen molar-refractivity contribution < 1.29 is 22.7 Å². The first-order chi connectivity index (χ1) is 14.0. The first-order valence-corrected chi connectivity index (χ1v) is 12.6. The smallest absolute Gasteiger partial charge is 0.307 e. The standard InChI is InChI=1S/C21H27BrN2O5S/c1-13(19(26)24-16-2-4-17(5-3-16)30(23,27)28)29-18(25)11-20-7-14-6-15(8-20)10-21(22,9-14)12-20/h2-5,13-15H,6-12H2,1H3,(H,24,26)(H2,23,27,28)/t13-,14-,15-,20?,21?/m1/s1. The van der Waals surface area contributed by atoms with Gasteiger partial charge in [-0.3, -0.25) is 9.59 Å². The number of primary sulfonamides is 1. The molecule has 0 aliphatic heterocycles.